The second kappa shape index (κ2) is 4.93. The Balaban J connectivity index is 2.19. The molecule has 1 N–H and O–H groups in total. The molecule has 4 nitrogen and oxygen atoms in total. The molecule has 2 heterocycles. The molecule has 0 saturated heterocycles. The van der Waals surface area contributed by atoms with E-state index in [1.165, 1.54) is 11.5 Å². The van der Waals surface area contributed by atoms with Gasteiger partial charge in [-0.05, 0) is 37.0 Å². The van der Waals surface area contributed by atoms with Gasteiger partial charge in [-0.15, -0.1) is 0 Å². The summed E-state index contributed by atoms with van der Waals surface area (Å²) in [6.45, 7) is 3.88. The highest BCUT2D eigenvalue weighted by Gasteiger charge is 2.13. The molecule has 17 heavy (non-hydrogen) atoms. The van der Waals surface area contributed by atoms with E-state index >= 15 is 0 Å². The van der Waals surface area contributed by atoms with E-state index in [-0.39, 0.29) is 6.04 Å². The van der Waals surface area contributed by atoms with Gasteiger partial charge in [0.05, 0.1) is 11.7 Å². The lowest BCUT2D eigenvalue weighted by Gasteiger charge is -2.13. The summed E-state index contributed by atoms with van der Waals surface area (Å²) in [5, 5.41) is 13.1. The van der Waals surface area contributed by atoms with Crippen LogP contribution in [-0.2, 0) is 0 Å². The fourth-order valence-corrected chi connectivity index (χ4v) is 2.35. The highest BCUT2D eigenvalue weighted by molar-refractivity contribution is 7.10. The number of rotatable bonds is 3. The minimum Gasteiger partial charge on any atom is -0.368 e. The van der Waals surface area contributed by atoms with Gasteiger partial charge in [0, 0.05) is 12.4 Å². The number of nitrogens with one attached hydrogen (secondary N) is 1. The number of hydrogen-bond acceptors (Lipinski definition) is 5. The lowest BCUT2D eigenvalue weighted by molar-refractivity contribution is 0.879. The van der Waals surface area contributed by atoms with Crippen LogP contribution in [0.1, 0.15) is 29.8 Å². The second-order valence-corrected chi connectivity index (χ2v) is 4.51. The Hall–Kier alpha value is -1.93. The van der Waals surface area contributed by atoms with E-state index < -0.39 is 0 Å². The van der Waals surface area contributed by atoms with Crippen molar-refractivity contribution in [2.45, 2.75) is 19.9 Å². The second-order valence-electron chi connectivity index (χ2n) is 3.74. The first-order valence-electron chi connectivity index (χ1n) is 5.25. The molecule has 5 heteroatoms. The predicted octanol–water partition coefficient (Wildman–Crippen LogP) is 2.89. The summed E-state index contributed by atoms with van der Waals surface area (Å²) in [6.07, 6.45) is 3.56. The molecular formula is C12H12N4S. The lowest BCUT2D eigenvalue weighted by atomic mass is 10.1. The van der Waals surface area contributed by atoms with Crippen molar-refractivity contribution in [3.8, 4) is 6.07 Å². The maximum atomic E-state index is 9.04. The molecule has 2 aromatic rings. The maximum Gasteiger partial charge on any atom is 0.128 e. The first kappa shape index (κ1) is 11.6. The molecule has 0 saturated carbocycles. The third kappa shape index (κ3) is 2.43. The molecular weight excluding hydrogens is 232 g/mol. The topological polar surface area (TPSA) is 61.6 Å². The van der Waals surface area contributed by atoms with E-state index in [1.807, 2.05) is 32.2 Å². The monoisotopic (exact) mass is 244 g/mol. The molecule has 1 unspecified atom stereocenters. The SMILES string of the molecule is Cc1nsc(NC(C)c2cccnc2)c1C#N. The van der Waals surface area contributed by atoms with Gasteiger partial charge in [-0.1, -0.05) is 6.07 Å². The molecule has 2 aromatic heterocycles. The highest BCUT2D eigenvalue weighted by Crippen LogP contribution is 2.27. The molecule has 0 aliphatic heterocycles. The number of aromatic nitrogens is 2. The average Bonchev–Trinajstić information content (AvgIpc) is 2.71. The Labute approximate surface area is 104 Å². The number of anilines is 1. The zero-order valence-electron chi connectivity index (χ0n) is 9.64. The van der Waals surface area contributed by atoms with Crippen molar-refractivity contribution in [1.82, 2.24) is 9.36 Å². The van der Waals surface area contributed by atoms with E-state index in [0.29, 0.717) is 5.56 Å². The largest absolute Gasteiger partial charge is 0.368 e. The Morgan fingerprint density at radius 3 is 3.00 bits per heavy atom. The molecule has 0 radical (unpaired) electrons. The molecule has 0 aliphatic carbocycles. The van der Waals surface area contributed by atoms with Crippen LogP contribution in [-0.4, -0.2) is 9.36 Å². The summed E-state index contributed by atoms with van der Waals surface area (Å²) in [7, 11) is 0. The Kier molecular flexibility index (Phi) is 3.35. The van der Waals surface area contributed by atoms with E-state index in [9.17, 15) is 0 Å². The summed E-state index contributed by atoms with van der Waals surface area (Å²) in [5.41, 5.74) is 2.49. The molecule has 0 amide bonds. The maximum absolute atomic E-state index is 9.04. The van der Waals surface area contributed by atoms with Gasteiger partial charge < -0.3 is 5.32 Å². The molecule has 86 valence electrons. The van der Waals surface area contributed by atoms with Crippen molar-refractivity contribution in [3.63, 3.8) is 0 Å². The van der Waals surface area contributed by atoms with Gasteiger partial charge in [0.15, 0.2) is 0 Å². The molecule has 0 aromatic carbocycles. The van der Waals surface area contributed by atoms with Gasteiger partial charge in [0.25, 0.3) is 0 Å². The molecule has 0 fully saturated rings. The fourth-order valence-electron chi connectivity index (χ4n) is 1.51. The minimum absolute atomic E-state index is 0.107. The van der Waals surface area contributed by atoms with Gasteiger partial charge in [0.2, 0.25) is 0 Å². The minimum atomic E-state index is 0.107. The zero-order chi connectivity index (χ0) is 12.3. The van der Waals surface area contributed by atoms with Crippen molar-refractivity contribution in [1.29, 1.82) is 5.26 Å². The van der Waals surface area contributed by atoms with Gasteiger partial charge in [-0.2, -0.15) is 9.64 Å². The van der Waals surface area contributed by atoms with Crippen molar-refractivity contribution < 1.29 is 0 Å². The Bertz CT molecular complexity index is 541. The van der Waals surface area contributed by atoms with Gasteiger partial charge in [0.1, 0.15) is 16.6 Å². The average molecular weight is 244 g/mol. The first-order chi connectivity index (χ1) is 8.22. The van der Waals surface area contributed by atoms with Crippen LogP contribution in [0, 0.1) is 18.3 Å². The summed E-state index contributed by atoms with van der Waals surface area (Å²) in [4.78, 5) is 4.08. The lowest BCUT2D eigenvalue weighted by Crippen LogP contribution is -2.06. The third-order valence-corrected chi connectivity index (χ3v) is 3.38. The van der Waals surface area contributed by atoms with Crippen LogP contribution in [0.3, 0.4) is 0 Å². The van der Waals surface area contributed by atoms with Crippen LogP contribution in [0.2, 0.25) is 0 Å². The smallest absolute Gasteiger partial charge is 0.128 e. The predicted molar refractivity (Wildman–Crippen MR) is 67.8 cm³/mol. The highest BCUT2D eigenvalue weighted by atomic mass is 32.1. The Morgan fingerprint density at radius 1 is 1.53 bits per heavy atom. The molecule has 1 atom stereocenters. The van der Waals surface area contributed by atoms with Gasteiger partial charge in [-0.25, -0.2) is 0 Å². The van der Waals surface area contributed by atoms with Crippen LogP contribution in [0.5, 0.6) is 0 Å². The van der Waals surface area contributed by atoms with Crippen molar-refractivity contribution in [2.24, 2.45) is 0 Å². The summed E-state index contributed by atoms with van der Waals surface area (Å²) < 4.78 is 4.18. The molecule has 2 rings (SSSR count). The van der Waals surface area contributed by atoms with Gasteiger partial charge >= 0.3 is 0 Å². The van der Waals surface area contributed by atoms with Crippen LogP contribution in [0.15, 0.2) is 24.5 Å². The van der Waals surface area contributed by atoms with Crippen LogP contribution in [0.25, 0.3) is 0 Å². The van der Waals surface area contributed by atoms with Crippen molar-refractivity contribution in [3.05, 3.63) is 41.3 Å². The fraction of sp³-hybridized carbons (Fsp3) is 0.250. The van der Waals surface area contributed by atoms with Crippen LogP contribution < -0.4 is 5.32 Å². The van der Waals surface area contributed by atoms with E-state index in [4.69, 9.17) is 5.26 Å². The van der Waals surface area contributed by atoms with E-state index in [1.54, 1.807) is 6.20 Å². The first-order valence-corrected chi connectivity index (χ1v) is 6.02. The normalized spacial score (nSPS) is 11.8. The molecule has 0 aliphatic rings. The summed E-state index contributed by atoms with van der Waals surface area (Å²) in [5.74, 6) is 0. The number of aryl methyl sites for hydroxylation is 1. The number of hydrogen-bond donors (Lipinski definition) is 1. The van der Waals surface area contributed by atoms with Crippen molar-refractivity contribution >= 4 is 16.5 Å². The Morgan fingerprint density at radius 2 is 2.35 bits per heavy atom. The number of nitrogens with zero attached hydrogens (tertiary/aromatic N) is 3. The summed E-state index contributed by atoms with van der Waals surface area (Å²) >= 11 is 1.32. The van der Waals surface area contributed by atoms with E-state index in [2.05, 4.69) is 20.7 Å². The molecule has 0 bridgehead atoms. The van der Waals surface area contributed by atoms with E-state index in [0.717, 1.165) is 16.3 Å². The number of pyridine rings is 1. The van der Waals surface area contributed by atoms with Crippen LogP contribution in [0.4, 0.5) is 5.00 Å². The molecule has 0 spiro atoms. The quantitative estimate of drug-likeness (QED) is 0.901. The van der Waals surface area contributed by atoms with Gasteiger partial charge in [-0.3, -0.25) is 4.98 Å². The standard InChI is InChI=1S/C12H12N4S/c1-8(10-4-3-5-14-7-10)15-12-11(6-13)9(2)16-17-12/h3-5,7-8,15H,1-2H3. The number of nitriles is 1. The van der Waals surface area contributed by atoms with Crippen LogP contribution >= 0.6 is 11.5 Å². The zero-order valence-corrected chi connectivity index (χ0v) is 10.5. The summed E-state index contributed by atoms with van der Waals surface area (Å²) in [6, 6.07) is 6.18. The van der Waals surface area contributed by atoms with Crippen molar-refractivity contribution in [2.75, 3.05) is 5.32 Å². The third-order valence-electron chi connectivity index (χ3n) is 2.51.